The summed E-state index contributed by atoms with van der Waals surface area (Å²) >= 11 is 0. The van der Waals surface area contributed by atoms with Crippen LogP contribution in [0.1, 0.15) is 103 Å². The summed E-state index contributed by atoms with van der Waals surface area (Å²) in [7, 11) is 0. The molecule has 0 spiro atoms. The highest BCUT2D eigenvalue weighted by atomic mass is 16.5. The van der Waals surface area contributed by atoms with Gasteiger partial charge in [-0.15, -0.1) is 10.2 Å². The predicted octanol–water partition coefficient (Wildman–Crippen LogP) is 8.42. The summed E-state index contributed by atoms with van der Waals surface area (Å²) < 4.78 is 5.71. The average Bonchev–Trinajstić information content (AvgIpc) is 2.84. The molecule has 0 aliphatic heterocycles. The zero-order chi connectivity index (χ0) is 22.4. The molecule has 3 heteroatoms. The summed E-state index contributed by atoms with van der Waals surface area (Å²) in [6, 6.07) is 12.9. The average molecular weight is 437 g/mol. The van der Waals surface area contributed by atoms with Crippen molar-refractivity contribution in [1.29, 1.82) is 0 Å². The van der Waals surface area contributed by atoms with Gasteiger partial charge < -0.3 is 4.74 Å². The van der Waals surface area contributed by atoms with E-state index in [1.54, 1.807) is 0 Å². The zero-order valence-electron chi connectivity index (χ0n) is 20.5. The number of nitrogens with zero attached hydrogens (tertiary/aromatic N) is 2. The van der Waals surface area contributed by atoms with Gasteiger partial charge in [0.05, 0.1) is 12.3 Å². The normalized spacial score (nSPS) is 18.6. The van der Waals surface area contributed by atoms with Crippen LogP contribution in [0, 0.1) is 11.8 Å². The van der Waals surface area contributed by atoms with E-state index in [9.17, 15) is 0 Å². The van der Waals surface area contributed by atoms with Gasteiger partial charge in [-0.2, -0.15) is 0 Å². The molecule has 1 aliphatic rings. The van der Waals surface area contributed by atoms with Crippen molar-refractivity contribution >= 4 is 0 Å². The SMILES string of the molecule is CCCCCCOc1ccc(-c2ccc(CCC3CCC(CCCCC)CC3)cc2)nn1. The topological polar surface area (TPSA) is 35.0 Å². The first-order valence-electron chi connectivity index (χ1n) is 13.3. The number of aromatic nitrogens is 2. The summed E-state index contributed by atoms with van der Waals surface area (Å²) in [6.45, 7) is 5.25. The standard InChI is InChI=1S/C29H44N2O/c1-3-5-7-9-23-32-29-22-21-28(30-31-29)27-19-17-26(18-20-27)16-15-25-13-11-24(12-14-25)10-8-6-4-2/h17-22,24-25H,3-16,23H2,1-2H3. The van der Waals surface area contributed by atoms with Crippen LogP contribution in [0.25, 0.3) is 11.3 Å². The predicted molar refractivity (Wildman–Crippen MR) is 135 cm³/mol. The Labute approximate surface area is 196 Å². The summed E-state index contributed by atoms with van der Waals surface area (Å²) in [6.07, 6.45) is 18.8. The molecule has 1 aromatic heterocycles. The maximum atomic E-state index is 5.71. The summed E-state index contributed by atoms with van der Waals surface area (Å²) in [5.74, 6) is 2.57. The lowest BCUT2D eigenvalue weighted by Gasteiger charge is -2.28. The van der Waals surface area contributed by atoms with Crippen molar-refractivity contribution in [1.82, 2.24) is 10.2 Å². The Kier molecular flexibility index (Phi) is 11.0. The third-order valence-corrected chi connectivity index (χ3v) is 7.16. The van der Waals surface area contributed by atoms with Gasteiger partial charge in [-0.3, -0.25) is 0 Å². The van der Waals surface area contributed by atoms with Crippen molar-refractivity contribution in [3.63, 3.8) is 0 Å². The van der Waals surface area contributed by atoms with Crippen LogP contribution in [-0.4, -0.2) is 16.8 Å². The fourth-order valence-electron chi connectivity index (χ4n) is 4.96. The number of aryl methyl sites for hydroxylation is 1. The van der Waals surface area contributed by atoms with Gasteiger partial charge in [0, 0.05) is 11.6 Å². The van der Waals surface area contributed by atoms with Crippen molar-refractivity contribution < 1.29 is 4.74 Å². The van der Waals surface area contributed by atoms with Gasteiger partial charge in [-0.05, 0) is 42.7 Å². The van der Waals surface area contributed by atoms with Gasteiger partial charge in [0.2, 0.25) is 5.88 Å². The third kappa shape index (κ3) is 8.56. The number of rotatable bonds is 14. The zero-order valence-corrected chi connectivity index (χ0v) is 20.5. The fourth-order valence-corrected chi connectivity index (χ4v) is 4.96. The monoisotopic (exact) mass is 436 g/mol. The van der Waals surface area contributed by atoms with Crippen LogP contribution < -0.4 is 4.74 Å². The molecule has 0 unspecified atom stereocenters. The van der Waals surface area contributed by atoms with Crippen LogP contribution in [0.15, 0.2) is 36.4 Å². The highest BCUT2D eigenvalue weighted by Crippen LogP contribution is 2.34. The Morgan fingerprint density at radius 2 is 1.41 bits per heavy atom. The van der Waals surface area contributed by atoms with E-state index in [-0.39, 0.29) is 0 Å². The van der Waals surface area contributed by atoms with Crippen molar-refractivity contribution in [3.8, 4) is 17.1 Å². The second kappa shape index (κ2) is 14.3. The molecule has 3 nitrogen and oxygen atoms in total. The Morgan fingerprint density at radius 1 is 0.719 bits per heavy atom. The highest BCUT2D eigenvalue weighted by molar-refractivity contribution is 5.59. The molecule has 0 atom stereocenters. The fraction of sp³-hybridized carbons (Fsp3) is 0.655. The molecule has 0 amide bonds. The van der Waals surface area contributed by atoms with Crippen LogP contribution in [0.3, 0.4) is 0 Å². The molecule has 3 rings (SSSR count). The molecule has 1 heterocycles. The first-order valence-corrected chi connectivity index (χ1v) is 13.3. The molecular weight excluding hydrogens is 392 g/mol. The quantitative estimate of drug-likeness (QED) is 0.279. The molecule has 1 fully saturated rings. The van der Waals surface area contributed by atoms with Gasteiger partial charge in [0.15, 0.2) is 0 Å². The maximum absolute atomic E-state index is 5.71. The molecule has 0 saturated heterocycles. The van der Waals surface area contributed by atoms with Gasteiger partial charge in [0.1, 0.15) is 0 Å². The Bertz CT molecular complexity index is 733. The van der Waals surface area contributed by atoms with Crippen LogP contribution in [0.2, 0.25) is 0 Å². The lowest BCUT2D eigenvalue weighted by molar-refractivity contribution is 0.249. The number of benzene rings is 1. The first kappa shape index (κ1) is 24.7. The van der Waals surface area contributed by atoms with E-state index in [1.165, 1.54) is 89.0 Å². The molecule has 1 saturated carbocycles. The van der Waals surface area contributed by atoms with E-state index in [4.69, 9.17) is 4.74 Å². The summed E-state index contributed by atoms with van der Waals surface area (Å²) in [4.78, 5) is 0. The van der Waals surface area contributed by atoms with E-state index < -0.39 is 0 Å². The second-order valence-electron chi connectivity index (χ2n) is 9.78. The number of ether oxygens (including phenoxy) is 1. The Morgan fingerprint density at radius 3 is 2.06 bits per heavy atom. The second-order valence-corrected chi connectivity index (χ2v) is 9.78. The minimum atomic E-state index is 0.627. The molecule has 176 valence electrons. The smallest absolute Gasteiger partial charge is 0.233 e. The van der Waals surface area contributed by atoms with Gasteiger partial charge in [-0.25, -0.2) is 0 Å². The van der Waals surface area contributed by atoms with Gasteiger partial charge in [0.25, 0.3) is 0 Å². The van der Waals surface area contributed by atoms with E-state index in [1.807, 2.05) is 12.1 Å². The molecule has 1 aliphatic carbocycles. The van der Waals surface area contributed by atoms with Gasteiger partial charge >= 0.3 is 0 Å². The number of hydrogen-bond donors (Lipinski definition) is 0. The van der Waals surface area contributed by atoms with Crippen molar-refractivity contribution in [2.24, 2.45) is 11.8 Å². The number of hydrogen-bond acceptors (Lipinski definition) is 3. The van der Waals surface area contributed by atoms with E-state index >= 15 is 0 Å². The van der Waals surface area contributed by atoms with Crippen molar-refractivity contribution in [2.45, 2.75) is 104 Å². The minimum Gasteiger partial charge on any atom is -0.477 e. The summed E-state index contributed by atoms with van der Waals surface area (Å²) in [5, 5.41) is 8.62. The molecule has 1 aromatic carbocycles. The Hall–Kier alpha value is -1.90. The minimum absolute atomic E-state index is 0.627. The first-order chi connectivity index (χ1) is 15.8. The lowest BCUT2D eigenvalue weighted by Crippen LogP contribution is -2.15. The molecule has 2 aromatic rings. The highest BCUT2D eigenvalue weighted by Gasteiger charge is 2.20. The Balaban J connectivity index is 1.38. The largest absolute Gasteiger partial charge is 0.477 e. The lowest BCUT2D eigenvalue weighted by atomic mass is 9.78. The third-order valence-electron chi connectivity index (χ3n) is 7.16. The van der Waals surface area contributed by atoms with Crippen molar-refractivity contribution in [3.05, 3.63) is 42.0 Å². The van der Waals surface area contributed by atoms with Crippen LogP contribution in [-0.2, 0) is 6.42 Å². The molecule has 0 bridgehead atoms. The van der Waals surface area contributed by atoms with Crippen LogP contribution in [0.5, 0.6) is 5.88 Å². The molecule has 32 heavy (non-hydrogen) atoms. The summed E-state index contributed by atoms with van der Waals surface area (Å²) in [5.41, 5.74) is 3.48. The van der Waals surface area contributed by atoms with E-state index in [0.717, 1.165) is 36.1 Å². The van der Waals surface area contributed by atoms with Gasteiger partial charge in [-0.1, -0.05) is 109 Å². The van der Waals surface area contributed by atoms with E-state index in [0.29, 0.717) is 5.88 Å². The van der Waals surface area contributed by atoms with Crippen molar-refractivity contribution in [2.75, 3.05) is 6.61 Å². The number of unbranched alkanes of at least 4 members (excludes halogenated alkanes) is 5. The van der Waals surface area contributed by atoms with Crippen LogP contribution in [0.4, 0.5) is 0 Å². The maximum Gasteiger partial charge on any atom is 0.233 e. The molecule has 0 N–H and O–H groups in total. The van der Waals surface area contributed by atoms with Crippen LogP contribution >= 0.6 is 0 Å². The molecular formula is C29H44N2O. The van der Waals surface area contributed by atoms with E-state index in [2.05, 4.69) is 48.3 Å². The molecule has 0 radical (unpaired) electrons.